The van der Waals surface area contributed by atoms with Crippen LogP contribution >= 0.6 is 0 Å². The van der Waals surface area contributed by atoms with E-state index in [4.69, 9.17) is 0 Å². The molecule has 1 fully saturated rings. The van der Waals surface area contributed by atoms with Crippen molar-refractivity contribution >= 4 is 17.6 Å². The lowest BCUT2D eigenvalue weighted by atomic mass is 9.98. The van der Waals surface area contributed by atoms with E-state index in [9.17, 15) is 19.7 Å². The van der Waals surface area contributed by atoms with Gasteiger partial charge in [0.25, 0.3) is 0 Å². The minimum Gasteiger partial charge on any atom is -0.358 e. The van der Waals surface area contributed by atoms with Crippen molar-refractivity contribution in [3.63, 3.8) is 0 Å². The highest BCUT2D eigenvalue weighted by Gasteiger charge is 2.39. The lowest BCUT2D eigenvalue weighted by Crippen LogP contribution is -2.63. The molecule has 2 heterocycles. The fourth-order valence-corrected chi connectivity index (χ4v) is 2.26. The van der Waals surface area contributed by atoms with Crippen LogP contribution in [0.4, 0.5) is 5.82 Å². The molecule has 0 radical (unpaired) electrons. The molecule has 0 spiro atoms. The van der Waals surface area contributed by atoms with Crippen LogP contribution in [0.1, 0.15) is 20.3 Å². The predicted octanol–water partition coefficient (Wildman–Crippen LogP) is -0.0816. The number of nitrogens with one attached hydrogen (secondary N) is 1. The number of rotatable bonds is 4. The lowest BCUT2D eigenvalue weighted by Gasteiger charge is -2.41. The van der Waals surface area contributed by atoms with Crippen molar-refractivity contribution in [3.8, 4) is 0 Å². The number of piperazine rings is 1. The maximum Gasteiger partial charge on any atom is 0.381 e. The molecule has 1 N–H and O–H groups in total. The number of aryl methyl sites for hydroxylation is 1. The first-order chi connectivity index (χ1) is 9.82. The van der Waals surface area contributed by atoms with E-state index in [1.807, 2.05) is 0 Å². The summed E-state index contributed by atoms with van der Waals surface area (Å²) in [4.78, 5) is 39.1. The number of hydrogen-bond acceptors (Lipinski definition) is 5. The molecule has 1 aromatic rings. The van der Waals surface area contributed by atoms with Crippen LogP contribution in [0, 0.1) is 10.1 Å². The topological polar surface area (TPSA) is 110 Å². The molecule has 0 unspecified atom stereocenters. The number of amides is 2. The summed E-state index contributed by atoms with van der Waals surface area (Å²) in [5.41, 5.74) is -0.879. The van der Waals surface area contributed by atoms with E-state index in [2.05, 4.69) is 10.3 Å². The first-order valence-corrected chi connectivity index (χ1v) is 6.57. The SMILES string of the molecule is CC1(C)C(=O)NCCN1C(=O)CCn1cnc([N+](=O)[O-])c1. The van der Waals surface area contributed by atoms with Crippen molar-refractivity contribution < 1.29 is 14.5 Å². The van der Waals surface area contributed by atoms with Crippen LogP contribution in [0.25, 0.3) is 0 Å². The Bertz CT molecular complexity index is 580. The fraction of sp³-hybridized carbons (Fsp3) is 0.583. The standard InChI is InChI=1S/C12H17N5O4/c1-12(2)11(19)13-4-6-16(12)10(18)3-5-15-7-9(14-8-15)17(20)21/h7-8H,3-6H2,1-2H3,(H,13,19). The Morgan fingerprint density at radius 2 is 2.29 bits per heavy atom. The normalized spacial score (nSPS) is 17.4. The number of nitro groups is 1. The van der Waals surface area contributed by atoms with Gasteiger partial charge in [-0.3, -0.25) is 9.59 Å². The van der Waals surface area contributed by atoms with Gasteiger partial charge in [-0.05, 0) is 23.8 Å². The van der Waals surface area contributed by atoms with Crippen molar-refractivity contribution in [2.24, 2.45) is 0 Å². The quantitative estimate of drug-likeness (QED) is 0.617. The number of carbonyl (C=O) groups is 2. The molecule has 0 saturated carbocycles. The highest BCUT2D eigenvalue weighted by Crippen LogP contribution is 2.19. The molecule has 1 aliphatic rings. The Labute approximate surface area is 121 Å². The Balaban J connectivity index is 1.97. The molecule has 0 aliphatic carbocycles. The Morgan fingerprint density at radius 3 is 2.90 bits per heavy atom. The molecule has 1 aliphatic heterocycles. The number of aromatic nitrogens is 2. The number of carbonyl (C=O) groups excluding carboxylic acids is 2. The monoisotopic (exact) mass is 295 g/mol. The van der Waals surface area contributed by atoms with Crippen molar-refractivity contribution in [1.82, 2.24) is 19.8 Å². The third-order valence-corrected chi connectivity index (χ3v) is 3.54. The molecule has 0 atom stereocenters. The second kappa shape index (κ2) is 5.51. The average molecular weight is 295 g/mol. The van der Waals surface area contributed by atoms with E-state index < -0.39 is 10.5 Å². The van der Waals surface area contributed by atoms with Crippen LogP contribution in [-0.2, 0) is 16.1 Å². The lowest BCUT2D eigenvalue weighted by molar-refractivity contribution is -0.389. The van der Waals surface area contributed by atoms with Gasteiger partial charge in [0.05, 0.1) is 0 Å². The summed E-state index contributed by atoms with van der Waals surface area (Å²) in [7, 11) is 0. The maximum atomic E-state index is 12.3. The van der Waals surface area contributed by atoms with Crippen LogP contribution in [-0.4, -0.2) is 49.8 Å². The zero-order valence-electron chi connectivity index (χ0n) is 11.9. The number of hydrogen-bond donors (Lipinski definition) is 1. The van der Waals surface area contributed by atoms with Crippen molar-refractivity contribution in [1.29, 1.82) is 0 Å². The molecule has 1 aromatic heterocycles. The van der Waals surface area contributed by atoms with Crippen LogP contribution in [0.2, 0.25) is 0 Å². The first kappa shape index (κ1) is 14.9. The van der Waals surface area contributed by atoms with E-state index >= 15 is 0 Å². The van der Waals surface area contributed by atoms with Gasteiger partial charge in [0.2, 0.25) is 18.1 Å². The van der Waals surface area contributed by atoms with Gasteiger partial charge in [-0.15, -0.1) is 0 Å². The van der Waals surface area contributed by atoms with Gasteiger partial charge in [-0.2, -0.15) is 0 Å². The molecule has 2 amide bonds. The predicted molar refractivity (Wildman–Crippen MR) is 72.3 cm³/mol. The Kier molecular flexibility index (Phi) is 3.92. The van der Waals surface area contributed by atoms with Gasteiger partial charge < -0.3 is 24.9 Å². The second-order valence-corrected chi connectivity index (χ2v) is 5.34. The van der Waals surface area contributed by atoms with Gasteiger partial charge in [-0.1, -0.05) is 0 Å². The molecular formula is C12H17N5O4. The van der Waals surface area contributed by atoms with E-state index in [1.54, 1.807) is 13.8 Å². The summed E-state index contributed by atoms with van der Waals surface area (Å²) in [6, 6.07) is 0. The minimum absolute atomic E-state index is 0.157. The highest BCUT2D eigenvalue weighted by molar-refractivity contribution is 5.91. The van der Waals surface area contributed by atoms with Gasteiger partial charge >= 0.3 is 5.82 Å². The van der Waals surface area contributed by atoms with E-state index in [-0.39, 0.29) is 30.6 Å². The molecule has 1 saturated heterocycles. The summed E-state index contributed by atoms with van der Waals surface area (Å²) < 4.78 is 1.49. The van der Waals surface area contributed by atoms with Gasteiger partial charge in [0, 0.05) is 26.1 Å². The van der Waals surface area contributed by atoms with Crippen LogP contribution < -0.4 is 5.32 Å². The number of imidazole rings is 1. The van der Waals surface area contributed by atoms with Crippen molar-refractivity contribution in [3.05, 3.63) is 22.6 Å². The summed E-state index contributed by atoms with van der Waals surface area (Å²) in [5.74, 6) is -0.591. The molecule has 2 rings (SSSR count). The van der Waals surface area contributed by atoms with Crippen molar-refractivity contribution in [2.45, 2.75) is 32.4 Å². The molecular weight excluding hydrogens is 278 g/mol. The van der Waals surface area contributed by atoms with Crippen LogP contribution in [0.3, 0.4) is 0 Å². The molecule has 114 valence electrons. The average Bonchev–Trinajstić information content (AvgIpc) is 2.88. The summed E-state index contributed by atoms with van der Waals surface area (Å²) in [6.07, 6.45) is 2.75. The third kappa shape index (κ3) is 3.01. The summed E-state index contributed by atoms with van der Waals surface area (Å²) in [5, 5.41) is 13.3. The molecule has 0 aromatic carbocycles. The largest absolute Gasteiger partial charge is 0.381 e. The van der Waals surface area contributed by atoms with Gasteiger partial charge in [-0.25, -0.2) is 0 Å². The smallest absolute Gasteiger partial charge is 0.358 e. The van der Waals surface area contributed by atoms with E-state index in [0.29, 0.717) is 13.1 Å². The third-order valence-electron chi connectivity index (χ3n) is 3.54. The minimum atomic E-state index is -0.879. The molecule has 9 heteroatoms. The summed E-state index contributed by atoms with van der Waals surface area (Å²) in [6.45, 7) is 4.57. The first-order valence-electron chi connectivity index (χ1n) is 6.57. The van der Waals surface area contributed by atoms with Gasteiger partial charge in [0.1, 0.15) is 11.7 Å². The Morgan fingerprint density at radius 1 is 1.57 bits per heavy atom. The highest BCUT2D eigenvalue weighted by atomic mass is 16.6. The summed E-state index contributed by atoms with van der Waals surface area (Å²) >= 11 is 0. The molecule has 0 bridgehead atoms. The van der Waals surface area contributed by atoms with Crippen LogP contribution in [0.5, 0.6) is 0 Å². The number of nitrogens with zero attached hydrogens (tertiary/aromatic N) is 4. The van der Waals surface area contributed by atoms with E-state index in [0.717, 1.165) is 0 Å². The van der Waals surface area contributed by atoms with Crippen molar-refractivity contribution in [2.75, 3.05) is 13.1 Å². The molecule has 9 nitrogen and oxygen atoms in total. The maximum absolute atomic E-state index is 12.3. The second-order valence-electron chi connectivity index (χ2n) is 5.34. The van der Waals surface area contributed by atoms with Gasteiger partial charge in [0.15, 0.2) is 0 Å². The molecule has 21 heavy (non-hydrogen) atoms. The van der Waals surface area contributed by atoms with Crippen LogP contribution in [0.15, 0.2) is 12.5 Å². The zero-order chi connectivity index (χ0) is 15.6. The zero-order valence-corrected chi connectivity index (χ0v) is 11.9. The Hall–Kier alpha value is -2.45. The van der Waals surface area contributed by atoms with E-state index in [1.165, 1.54) is 22.0 Å². The fourth-order valence-electron chi connectivity index (χ4n) is 2.26.